The van der Waals surface area contributed by atoms with E-state index in [1.54, 1.807) is 0 Å². The van der Waals surface area contributed by atoms with E-state index in [-0.39, 0.29) is 35.8 Å². The van der Waals surface area contributed by atoms with Gasteiger partial charge < -0.3 is 18.9 Å². The average molecular weight is 671 g/mol. The zero-order valence-electron chi connectivity index (χ0n) is 24.7. The lowest BCUT2D eigenvalue weighted by molar-refractivity contribution is -0.207. The molecular formula is C34H27F9O4. The first kappa shape index (κ1) is 34.3. The number of ether oxygens (including phenoxy) is 4. The largest absolute Gasteiger partial charge is 0.432 e. The van der Waals surface area contributed by atoms with Crippen LogP contribution in [-0.2, 0) is 20.3 Å². The molecule has 4 nitrogen and oxygen atoms in total. The average Bonchev–Trinajstić information content (AvgIpc) is 3.00. The fourth-order valence-corrected chi connectivity index (χ4v) is 5.05. The molecule has 0 N–H and O–H groups in total. The maximum Gasteiger partial charge on any atom is 0.432 e. The molecule has 1 fully saturated rings. The van der Waals surface area contributed by atoms with E-state index in [4.69, 9.17) is 14.2 Å². The van der Waals surface area contributed by atoms with Crippen molar-refractivity contribution in [2.24, 2.45) is 5.92 Å². The molecule has 0 amide bonds. The summed E-state index contributed by atoms with van der Waals surface area (Å²) in [6, 6.07) is 7.01. The second-order valence-electron chi connectivity index (χ2n) is 10.8. The Kier molecular flexibility index (Phi) is 10.5. The van der Waals surface area contributed by atoms with Gasteiger partial charge in [-0.3, -0.25) is 0 Å². The van der Waals surface area contributed by atoms with Crippen LogP contribution < -0.4 is 4.74 Å². The molecule has 0 aromatic heterocycles. The fraction of sp³-hybridized carbons (Fsp3) is 0.294. The summed E-state index contributed by atoms with van der Waals surface area (Å²) in [7, 11) is 0. The Morgan fingerprint density at radius 3 is 1.91 bits per heavy atom. The van der Waals surface area contributed by atoms with Crippen LogP contribution in [0, 0.1) is 46.6 Å². The van der Waals surface area contributed by atoms with Gasteiger partial charge >= 0.3 is 6.11 Å². The van der Waals surface area contributed by atoms with Gasteiger partial charge in [-0.1, -0.05) is 13.0 Å². The van der Waals surface area contributed by atoms with Crippen LogP contribution in [0.2, 0.25) is 0 Å². The highest BCUT2D eigenvalue weighted by atomic mass is 19.3. The molecule has 4 aromatic rings. The van der Waals surface area contributed by atoms with Gasteiger partial charge in [-0.25, -0.2) is 30.7 Å². The number of halogens is 9. The molecule has 0 atom stereocenters. The summed E-state index contributed by atoms with van der Waals surface area (Å²) in [4.78, 5) is 0. The standard InChI is InChI=1S/C34H27F9O4/c1-2-8-44-9-7-18-16-45-33(46-17-18)21-13-27(38)31(28(39)14-21)20-11-29(40)32(30(41)12-20)34(42,43)47-22-4-5-23(25(36)15-22)19-3-6-24(35)26(37)10-19/h3-6,10-15,18,33H,2,7-9,16-17H2,1H3. The molecule has 250 valence electrons. The first-order valence-electron chi connectivity index (χ1n) is 14.5. The third kappa shape index (κ3) is 7.74. The van der Waals surface area contributed by atoms with Gasteiger partial charge in [-0.15, -0.1) is 0 Å². The van der Waals surface area contributed by atoms with Crippen molar-refractivity contribution in [2.75, 3.05) is 26.4 Å². The van der Waals surface area contributed by atoms with Gasteiger partial charge in [0.2, 0.25) is 0 Å². The summed E-state index contributed by atoms with van der Waals surface area (Å²) in [5, 5.41) is 0. The summed E-state index contributed by atoms with van der Waals surface area (Å²) < 4.78 is 153. The molecule has 0 saturated carbocycles. The minimum atomic E-state index is -4.72. The minimum absolute atomic E-state index is 0.00870. The first-order chi connectivity index (χ1) is 22.4. The third-order valence-corrected chi connectivity index (χ3v) is 7.36. The van der Waals surface area contributed by atoms with Crippen molar-refractivity contribution in [1.82, 2.24) is 0 Å². The molecule has 13 heteroatoms. The molecular weight excluding hydrogens is 643 g/mol. The van der Waals surface area contributed by atoms with Gasteiger partial charge in [-0.2, -0.15) is 8.78 Å². The van der Waals surface area contributed by atoms with Gasteiger partial charge in [0.15, 0.2) is 17.9 Å². The maximum absolute atomic E-state index is 15.1. The van der Waals surface area contributed by atoms with Gasteiger partial charge in [0.1, 0.15) is 40.4 Å². The molecule has 0 bridgehead atoms. The fourth-order valence-electron chi connectivity index (χ4n) is 5.05. The normalized spacial score (nSPS) is 16.8. The van der Waals surface area contributed by atoms with Crippen LogP contribution in [0.4, 0.5) is 39.5 Å². The first-order valence-corrected chi connectivity index (χ1v) is 14.5. The predicted molar refractivity (Wildman–Crippen MR) is 152 cm³/mol. The number of rotatable bonds is 11. The van der Waals surface area contributed by atoms with Crippen molar-refractivity contribution >= 4 is 0 Å². The van der Waals surface area contributed by atoms with Crippen LogP contribution in [0.3, 0.4) is 0 Å². The van der Waals surface area contributed by atoms with Gasteiger partial charge in [-0.05, 0) is 72.5 Å². The molecule has 1 aliphatic rings. The lowest BCUT2D eigenvalue weighted by Crippen LogP contribution is -2.28. The smallest absolute Gasteiger partial charge is 0.429 e. The Hall–Kier alpha value is -4.07. The Labute approximate surface area is 263 Å². The minimum Gasteiger partial charge on any atom is -0.429 e. The number of benzene rings is 4. The van der Waals surface area contributed by atoms with Crippen LogP contribution in [0.25, 0.3) is 22.3 Å². The molecule has 5 rings (SSSR count). The molecule has 47 heavy (non-hydrogen) atoms. The SMILES string of the molecule is CCCOCCC1COC(c2cc(F)c(-c3cc(F)c(C(F)(F)Oc4ccc(-c5ccc(F)c(F)c5)c(F)c4)c(F)c3)c(F)c2)OC1. The molecule has 0 unspecified atom stereocenters. The van der Waals surface area contributed by atoms with Crippen molar-refractivity contribution in [3.8, 4) is 28.0 Å². The van der Waals surface area contributed by atoms with E-state index in [0.29, 0.717) is 43.9 Å². The Balaban J connectivity index is 1.32. The number of hydrogen-bond donors (Lipinski definition) is 0. The highest BCUT2D eigenvalue weighted by Gasteiger charge is 2.41. The molecule has 4 aromatic carbocycles. The monoisotopic (exact) mass is 670 g/mol. The van der Waals surface area contributed by atoms with Crippen LogP contribution in [0.1, 0.15) is 37.2 Å². The van der Waals surface area contributed by atoms with Gasteiger partial charge in [0.05, 0.1) is 18.8 Å². The lowest BCUT2D eigenvalue weighted by Gasteiger charge is -2.29. The Morgan fingerprint density at radius 2 is 1.32 bits per heavy atom. The van der Waals surface area contributed by atoms with Crippen LogP contribution in [0.5, 0.6) is 5.75 Å². The molecule has 1 heterocycles. The quantitative estimate of drug-likeness (QED) is 0.118. The van der Waals surface area contributed by atoms with E-state index in [1.807, 2.05) is 6.92 Å². The van der Waals surface area contributed by atoms with Gasteiger partial charge in [0.25, 0.3) is 0 Å². The van der Waals surface area contributed by atoms with Gasteiger partial charge in [0, 0.05) is 36.3 Å². The molecule has 0 spiro atoms. The van der Waals surface area contributed by atoms with Crippen LogP contribution >= 0.6 is 0 Å². The zero-order valence-corrected chi connectivity index (χ0v) is 24.7. The van der Waals surface area contributed by atoms with E-state index >= 15 is 8.78 Å². The Bertz CT molecular complexity index is 1690. The maximum atomic E-state index is 15.1. The van der Waals surface area contributed by atoms with Crippen molar-refractivity contribution < 1.29 is 58.5 Å². The van der Waals surface area contributed by atoms with E-state index in [0.717, 1.165) is 42.8 Å². The summed E-state index contributed by atoms with van der Waals surface area (Å²) >= 11 is 0. The van der Waals surface area contributed by atoms with Crippen molar-refractivity contribution in [1.29, 1.82) is 0 Å². The van der Waals surface area contributed by atoms with Crippen molar-refractivity contribution in [3.05, 3.63) is 113 Å². The summed E-state index contributed by atoms with van der Waals surface area (Å²) in [5.74, 6) is -10.8. The summed E-state index contributed by atoms with van der Waals surface area (Å²) in [6.07, 6.45) is -4.29. The molecule has 0 radical (unpaired) electrons. The highest BCUT2D eigenvalue weighted by molar-refractivity contribution is 5.67. The predicted octanol–water partition coefficient (Wildman–Crippen LogP) is 9.60. The number of hydrogen-bond acceptors (Lipinski definition) is 4. The topological polar surface area (TPSA) is 36.9 Å². The number of alkyl halides is 2. The summed E-state index contributed by atoms with van der Waals surface area (Å²) in [5.41, 5.74) is -3.96. The Morgan fingerprint density at radius 1 is 0.681 bits per heavy atom. The van der Waals surface area contributed by atoms with E-state index < -0.39 is 75.6 Å². The third-order valence-electron chi connectivity index (χ3n) is 7.36. The van der Waals surface area contributed by atoms with Crippen molar-refractivity contribution in [3.63, 3.8) is 0 Å². The second kappa shape index (κ2) is 14.4. The highest BCUT2D eigenvalue weighted by Crippen LogP contribution is 2.40. The van der Waals surface area contributed by atoms with Crippen molar-refractivity contribution in [2.45, 2.75) is 32.2 Å². The van der Waals surface area contributed by atoms with Crippen LogP contribution in [0.15, 0.2) is 60.7 Å². The summed E-state index contributed by atoms with van der Waals surface area (Å²) in [6.45, 7) is 3.59. The van der Waals surface area contributed by atoms with E-state index in [2.05, 4.69) is 4.74 Å². The van der Waals surface area contributed by atoms with Crippen LogP contribution in [-0.4, -0.2) is 26.4 Å². The molecule has 1 aliphatic heterocycles. The molecule has 1 saturated heterocycles. The van der Waals surface area contributed by atoms with E-state index in [1.165, 1.54) is 0 Å². The second-order valence-corrected chi connectivity index (χ2v) is 10.8. The zero-order chi connectivity index (χ0) is 33.9. The van der Waals surface area contributed by atoms with E-state index in [9.17, 15) is 30.7 Å². The lowest BCUT2D eigenvalue weighted by atomic mass is 9.99. The molecule has 0 aliphatic carbocycles.